The predicted molar refractivity (Wildman–Crippen MR) is 84.0 cm³/mol. The normalized spacial score (nSPS) is 19.8. The van der Waals surface area contributed by atoms with Crippen molar-refractivity contribution in [3.63, 3.8) is 0 Å². The van der Waals surface area contributed by atoms with E-state index in [-0.39, 0.29) is 10.8 Å². The fraction of sp³-hybridized carbons (Fsp3) is 0.250. The van der Waals surface area contributed by atoms with Gasteiger partial charge >= 0.3 is 0 Å². The Labute approximate surface area is 130 Å². The van der Waals surface area contributed by atoms with Gasteiger partial charge in [-0.3, -0.25) is 0 Å². The topological polar surface area (TPSA) is 37.4 Å². The summed E-state index contributed by atoms with van der Waals surface area (Å²) in [6.45, 7) is 1.08. The van der Waals surface area contributed by atoms with E-state index in [2.05, 4.69) is 12.1 Å². The molecule has 0 N–H and O–H groups in total. The second-order valence-electron chi connectivity index (χ2n) is 5.22. The third-order valence-electron chi connectivity index (χ3n) is 3.86. The molecule has 0 aliphatic carbocycles. The van der Waals surface area contributed by atoms with Gasteiger partial charge in [0.25, 0.3) is 0 Å². The van der Waals surface area contributed by atoms with Gasteiger partial charge in [0, 0.05) is 18.1 Å². The highest BCUT2D eigenvalue weighted by Crippen LogP contribution is 2.31. The molecule has 5 heteroatoms. The number of halogens is 1. The maximum absolute atomic E-state index is 12.6. The average Bonchev–Trinajstić information content (AvgIpc) is 2.99. The van der Waals surface area contributed by atoms with Gasteiger partial charge in [-0.2, -0.15) is 4.31 Å². The minimum Gasteiger partial charge on any atom is -0.207 e. The Kier molecular flexibility index (Phi) is 4.02. The minimum absolute atomic E-state index is 0.264. The smallest absolute Gasteiger partial charge is 0.207 e. The number of hydrogen-bond donors (Lipinski definition) is 0. The first-order valence-corrected chi connectivity index (χ1v) is 8.70. The van der Waals surface area contributed by atoms with Gasteiger partial charge in [0.1, 0.15) is 0 Å². The van der Waals surface area contributed by atoms with Crippen LogP contribution < -0.4 is 0 Å². The molecule has 110 valence electrons. The van der Waals surface area contributed by atoms with Crippen LogP contribution in [0.4, 0.5) is 0 Å². The van der Waals surface area contributed by atoms with E-state index < -0.39 is 10.0 Å². The molecule has 2 aromatic carbocycles. The van der Waals surface area contributed by atoms with Crippen LogP contribution >= 0.6 is 11.6 Å². The van der Waals surface area contributed by atoms with Crippen LogP contribution in [0.1, 0.15) is 17.9 Å². The fourth-order valence-corrected chi connectivity index (χ4v) is 4.52. The van der Waals surface area contributed by atoms with E-state index in [1.807, 2.05) is 18.2 Å². The summed E-state index contributed by atoms with van der Waals surface area (Å²) < 4.78 is 26.8. The Balaban J connectivity index is 1.83. The lowest BCUT2D eigenvalue weighted by molar-refractivity contribution is 0.473. The molecule has 0 radical (unpaired) electrons. The molecule has 3 rings (SSSR count). The van der Waals surface area contributed by atoms with Crippen molar-refractivity contribution in [1.29, 1.82) is 0 Å². The standard InChI is InChI=1S/C16H16ClNO2S/c17-15-7-4-8-16(11-15)21(19,20)18-10-9-14(12-18)13-5-2-1-3-6-13/h1-8,11,14H,9-10,12H2/t14-/m0/s1. The molecule has 1 aliphatic heterocycles. The molecule has 21 heavy (non-hydrogen) atoms. The first-order chi connectivity index (χ1) is 10.1. The van der Waals surface area contributed by atoms with Crippen molar-refractivity contribution >= 4 is 21.6 Å². The molecule has 2 aromatic rings. The summed E-state index contributed by atoms with van der Waals surface area (Å²) in [5.41, 5.74) is 1.20. The molecule has 1 heterocycles. The van der Waals surface area contributed by atoms with Crippen molar-refractivity contribution in [2.75, 3.05) is 13.1 Å². The molecule has 1 fully saturated rings. The molecule has 1 saturated heterocycles. The second kappa shape index (κ2) is 5.79. The van der Waals surface area contributed by atoms with Crippen molar-refractivity contribution < 1.29 is 8.42 Å². The monoisotopic (exact) mass is 321 g/mol. The van der Waals surface area contributed by atoms with Gasteiger partial charge < -0.3 is 0 Å². The van der Waals surface area contributed by atoms with Gasteiger partial charge in [0.15, 0.2) is 0 Å². The number of nitrogens with zero attached hydrogens (tertiary/aromatic N) is 1. The van der Waals surface area contributed by atoms with Crippen LogP contribution in [0.5, 0.6) is 0 Å². The van der Waals surface area contributed by atoms with E-state index in [1.165, 1.54) is 11.6 Å². The zero-order valence-corrected chi connectivity index (χ0v) is 13.0. The summed E-state index contributed by atoms with van der Waals surface area (Å²) in [7, 11) is -3.45. The number of hydrogen-bond acceptors (Lipinski definition) is 2. The highest BCUT2D eigenvalue weighted by Gasteiger charge is 2.33. The first-order valence-electron chi connectivity index (χ1n) is 6.88. The summed E-state index contributed by atoms with van der Waals surface area (Å²) >= 11 is 5.90. The lowest BCUT2D eigenvalue weighted by Gasteiger charge is -2.17. The number of benzene rings is 2. The van der Waals surface area contributed by atoms with Crippen LogP contribution in [0.25, 0.3) is 0 Å². The average molecular weight is 322 g/mol. The molecule has 1 aliphatic rings. The predicted octanol–water partition coefficient (Wildman–Crippen LogP) is 3.52. The highest BCUT2D eigenvalue weighted by molar-refractivity contribution is 7.89. The van der Waals surface area contributed by atoms with Gasteiger partial charge in [0.2, 0.25) is 10.0 Å². The van der Waals surface area contributed by atoms with Crippen LogP contribution in [0.15, 0.2) is 59.5 Å². The molecular formula is C16H16ClNO2S. The minimum atomic E-state index is -3.45. The molecule has 0 aromatic heterocycles. The van der Waals surface area contributed by atoms with Gasteiger partial charge in [-0.25, -0.2) is 8.42 Å². The third kappa shape index (κ3) is 2.98. The van der Waals surface area contributed by atoms with Crippen LogP contribution in [0, 0.1) is 0 Å². The molecule has 0 bridgehead atoms. The van der Waals surface area contributed by atoms with E-state index in [1.54, 1.807) is 22.5 Å². The van der Waals surface area contributed by atoms with E-state index >= 15 is 0 Å². The lowest BCUT2D eigenvalue weighted by atomic mass is 9.99. The Morgan fingerprint density at radius 1 is 1.05 bits per heavy atom. The van der Waals surface area contributed by atoms with Gasteiger partial charge in [0.05, 0.1) is 4.90 Å². The molecule has 0 saturated carbocycles. The van der Waals surface area contributed by atoms with Crippen LogP contribution in [-0.4, -0.2) is 25.8 Å². The summed E-state index contributed by atoms with van der Waals surface area (Å²) in [5.74, 6) is 0.264. The van der Waals surface area contributed by atoms with Crippen molar-refractivity contribution in [1.82, 2.24) is 4.31 Å². The highest BCUT2D eigenvalue weighted by atomic mass is 35.5. The molecule has 1 atom stereocenters. The van der Waals surface area contributed by atoms with Crippen LogP contribution in [0.3, 0.4) is 0 Å². The maximum Gasteiger partial charge on any atom is 0.243 e. The largest absolute Gasteiger partial charge is 0.243 e. The van der Waals surface area contributed by atoms with Crippen molar-refractivity contribution in [3.8, 4) is 0 Å². The zero-order chi connectivity index (χ0) is 14.9. The summed E-state index contributed by atoms with van der Waals surface area (Å²) in [6, 6.07) is 16.5. The van der Waals surface area contributed by atoms with E-state index in [0.717, 1.165) is 6.42 Å². The summed E-state index contributed by atoms with van der Waals surface area (Å²) in [6.07, 6.45) is 0.851. The van der Waals surface area contributed by atoms with Gasteiger partial charge in [-0.1, -0.05) is 48.0 Å². The SMILES string of the molecule is O=S(=O)(c1cccc(Cl)c1)N1CC[C@H](c2ccccc2)C1. The Bertz CT molecular complexity index is 731. The second-order valence-corrected chi connectivity index (χ2v) is 7.59. The summed E-state index contributed by atoms with van der Waals surface area (Å²) in [5, 5.41) is 0.440. The maximum atomic E-state index is 12.6. The van der Waals surface area contributed by atoms with E-state index in [0.29, 0.717) is 18.1 Å². The van der Waals surface area contributed by atoms with Crippen LogP contribution in [0.2, 0.25) is 5.02 Å². The van der Waals surface area contributed by atoms with Crippen LogP contribution in [-0.2, 0) is 10.0 Å². The van der Waals surface area contributed by atoms with Gasteiger partial charge in [-0.05, 0) is 36.1 Å². The third-order valence-corrected chi connectivity index (χ3v) is 5.95. The number of rotatable bonds is 3. The van der Waals surface area contributed by atoms with E-state index in [9.17, 15) is 8.42 Å². The lowest BCUT2D eigenvalue weighted by Crippen LogP contribution is -2.28. The zero-order valence-electron chi connectivity index (χ0n) is 11.4. The van der Waals surface area contributed by atoms with Crippen molar-refractivity contribution in [2.45, 2.75) is 17.2 Å². The molecule has 0 unspecified atom stereocenters. The summed E-state index contributed by atoms with van der Waals surface area (Å²) in [4.78, 5) is 0.267. The van der Waals surface area contributed by atoms with E-state index in [4.69, 9.17) is 11.6 Å². The molecule has 3 nitrogen and oxygen atoms in total. The molecule has 0 spiro atoms. The van der Waals surface area contributed by atoms with Crippen molar-refractivity contribution in [3.05, 3.63) is 65.2 Å². The Hall–Kier alpha value is -1.36. The molecular weight excluding hydrogens is 306 g/mol. The Morgan fingerprint density at radius 3 is 2.52 bits per heavy atom. The van der Waals surface area contributed by atoms with Gasteiger partial charge in [-0.15, -0.1) is 0 Å². The molecule has 0 amide bonds. The quantitative estimate of drug-likeness (QED) is 0.867. The fourth-order valence-electron chi connectivity index (χ4n) is 2.72. The number of sulfonamides is 1. The van der Waals surface area contributed by atoms with Crippen molar-refractivity contribution in [2.24, 2.45) is 0 Å². The Morgan fingerprint density at radius 2 is 1.81 bits per heavy atom. The first kappa shape index (κ1) is 14.6.